The molecule has 2 saturated heterocycles. The van der Waals surface area contributed by atoms with Crippen molar-refractivity contribution in [3.63, 3.8) is 0 Å². The Labute approximate surface area is 226 Å². The Kier molecular flexibility index (Phi) is 6.36. The summed E-state index contributed by atoms with van der Waals surface area (Å²) >= 11 is 0. The molecule has 5 aromatic rings. The average Bonchev–Trinajstić information content (AvgIpc) is 3.45. The number of imidazole rings is 1. The molecule has 2 aliphatic rings. The zero-order chi connectivity index (χ0) is 26.0. The van der Waals surface area contributed by atoms with Gasteiger partial charge < -0.3 is 19.9 Å². The first-order chi connectivity index (χ1) is 19.3. The number of ether oxygens (including phenoxy) is 1. The zero-order valence-electron chi connectivity index (χ0n) is 21.7. The number of nitrogens with zero attached hydrogens (tertiary/aromatic N) is 7. The average molecular weight is 519 g/mol. The number of rotatable bonds is 5. The summed E-state index contributed by atoms with van der Waals surface area (Å²) in [6.07, 6.45) is 9.97. The Hall–Kier alpha value is -4.34. The van der Waals surface area contributed by atoms with E-state index < -0.39 is 0 Å². The van der Waals surface area contributed by atoms with Crippen LogP contribution in [0.15, 0.2) is 67.1 Å². The van der Waals surface area contributed by atoms with Crippen LogP contribution in [0.4, 0.5) is 11.6 Å². The second-order valence-corrected chi connectivity index (χ2v) is 9.83. The van der Waals surface area contributed by atoms with Gasteiger partial charge in [0.15, 0.2) is 11.5 Å². The van der Waals surface area contributed by atoms with Gasteiger partial charge in [0.05, 0.1) is 42.0 Å². The third-order valence-corrected chi connectivity index (χ3v) is 7.33. The SMILES string of the molecule is C(=Cc1cn2c(-c3ccc(N4CCNCC4)nc3)cnc(N3CCOCC3)c2n1)c1ccc2ccccc2n1. The second-order valence-electron chi connectivity index (χ2n) is 9.83. The lowest BCUT2D eigenvalue weighted by atomic mass is 10.2. The number of para-hydroxylation sites is 1. The molecule has 6 heterocycles. The molecule has 7 rings (SSSR count). The molecule has 0 unspecified atom stereocenters. The van der Waals surface area contributed by atoms with Gasteiger partial charge in [-0.15, -0.1) is 0 Å². The van der Waals surface area contributed by atoms with Gasteiger partial charge in [-0.2, -0.15) is 0 Å². The first-order valence-electron chi connectivity index (χ1n) is 13.5. The number of benzene rings is 1. The van der Waals surface area contributed by atoms with E-state index in [9.17, 15) is 0 Å². The lowest BCUT2D eigenvalue weighted by Gasteiger charge is -2.28. The van der Waals surface area contributed by atoms with Crippen LogP contribution in [0.5, 0.6) is 0 Å². The van der Waals surface area contributed by atoms with Crippen LogP contribution in [-0.4, -0.2) is 76.8 Å². The van der Waals surface area contributed by atoms with Crippen molar-refractivity contribution in [1.29, 1.82) is 0 Å². The highest BCUT2D eigenvalue weighted by Crippen LogP contribution is 2.28. The highest BCUT2D eigenvalue weighted by molar-refractivity contribution is 5.81. The summed E-state index contributed by atoms with van der Waals surface area (Å²) in [4.78, 5) is 24.0. The maximum Gasteiger partial charge on any atom is 0.181 e. The summed E-state index contributed by atoms with van der Waals surface area (Å²) < 4.78 is 7.71. The summed E-state index contributed by atoms with van der Waals surface area (Å²) in [6.45, 7) is 6.87. The summed E-state index contributed by atoms with van der Waals surface area (Å²) in [5.41, 5.74) is 5.50. The maximum absolute atomic E-state index is 5.58. The van der Waals surface area contributed by atoms with Crippen molar-refractivity contribution >= 4 is 40.3 Å². The molecule has 196 valence electrons. The first kappa shape index (κ1) is 23.8. The van der Waals surface area contributed by atoms with Crippen LogP contribution in [0.2, 0.25) is 0 Å². The van der Waals surface area contributed by atoms with E-state index >= 15 is 0 Å². The predicted molar refractivity (Wildman–Crippen MR) is 155 cm³/mol. The minimum absolute atomic E-state index is 0.689. The lowest BCUT2D eigenvalue weighted by molar-refractivity contribution is 0.122. The highest BCUT2D eigenvalue weighted by Gasteiger charge is 2.20. The summed E-state index contributed by atoms with van der Waals surface area (Å²) in [5.74, 6) is 1.88. The molecule has 2 fully saturated rings. The van der Waals surface area contributed by atoms with Crippen molar-refractivity contribution in [2.24, 2.45) is 0 Å². The zero-order valence-corrected chi connectivity index (χ0v) is 21.7. The molecule has 0 bridgehead atoms. The van der Waals surface area contributed by atoms with Gasteiger partial charge in [0.1, 0.15) is 5.82 Å². The Bertz CT molecular complexity index is 1630. The largest absolute Gasteiger partial charge is 0.378 e. The van der Waals surface area contributed by atoms with Crippen LogP contribution >= 0.6 is 0 Å². The number of hydrogen-bond donors (Lipinski definition) is 1. The van der Waals surface area contributed by atoms with Crippen LogP contribution in [0, 0.1) is 0 Å². The van der Waals surface area contributed by atoms with E-state index in [-0.39, 0.29) is 0 Å². The van der Waals surface area contributed by atoms with E-state index in [1.807, 2.05) is 48.8 Å². The molecule has 0 aliphatic carbocycles. The topological polar surface area (TPSA) is 83.7 Å². The van der Waals surface area contributed by atoms with Crippen LogP contribution in [0.25, 0.3) is 40.0 Å². The van der Waals surface area contributed by atoms with Crippen molar-refractivity contribution in [2.45, 2.75) is 0 Å². The molecule has 1 aromatic carbocycles. The minimum Gasteiger partial charge on any atom is -0.378 e. The normalized spacial score (nSPS) is 16.5. The van der Waals surface area contributed by atoms with E-state index in [4.69, 9.17) is 24.7 Å². The predicted octanol–water partition coefficient (Wildman–Crippen LogP) is 3.76. The number of aromatic nitrogens is 5. The van der Waals surface area contributed by atoms with Crippen molar-refractivity contribution in [1.82, 2.24) is 29.7 Å². The Morgan fingerprint density at radius 2 is 1.62 bits per heavy atom. The fourth-order valence-corrected chi connectivity index (χ4v) is 5.24. The molecule has 0 amide bonds. The second kappa shape index (κ2) is 10.4. The van der Waals surface area contributed by atoms with E-state index in [0.717, 1.165) is 90.1 Å². The molecular weight excluding hydrogens is 488 g/mol. The maximum atomic E-state index is 5.58. The number of hydrogen-bond acceptors (Lipinski definition) is 8. The fourth-order valence-electron chi connectivity index (χ4n) is 5.24. The third kappa shape index (κ3) is 4.82. The van der Waals surface area contributed by atoms with Crippen LogP contribution in [0.1, 0.15) is 11.4 Å². The van der Waals surface area contributed by atoms with Crippen molar-refractivity contribution in [2.75, 3.05) is 62.3 Å². The monoisotopic (exact) mass is 518 g/mol. The summed E-state index contributed by atoms with van der Waals surface area (Å²) in [5, 5.41) is 4.53. The van der Waals surface area contributed by atoms with Crippen LogP contribution in [0.3, 0.4) is 0 Å². The quantitative estimate of drug-likeness (QED) is 0.377. The molecule has 9 heteroatoms. The molecule has 4 aromatic heterocycles. The molecule has 39 heavy (non-hydrogen) atoms. The number of piperazine rings is 1. The Morgan fingerprint density at radius 1 is 0.769 bits per heavy atom. The van der Waals surface area contributed by atoms with Gasteiger partial charge in [-0.1, -0.05) is 24.3 Å². The van der Waals surface area contributed by atoms with E-state index in [0.29, 0.717) is 13.2 Å². The van der Waals surface area contributed by atoms with E-state index in [1.54, 1.807) is 0 Å². The number of morpholine rings is 1. The van der Waals surface area contributed by atoms with E-state index in [2.05, 4.69) is 50.0 Å². The van der Waals surface area contributed by atoms with E-state index in [1.165, 1.54) is 0 Å². The first-order valence-corrected chi connectivity index (χ1v) is 13.5. The molecule has 0 spiro atoms. The fraction of sp³-hybridized carbons (Fsp3) is 0.267. The summed E-state index contributed by atoms with van der Waals surface area (Å²) in [6, 6.07) is 16.5. The summed E-state index contributed by atoms with van der Waals surface area (Å²) in [7, 11) is 0. The number of fused-ring (bicyclic) bond motifs is 2. The molecule has 1 N–H and O–H groups in total. The molecular formula is C30H30N8O. The Morgan fingerprint density at radius 3 is 2.46 bits per heavy atom. The lowest BCUT2D eigenvalue weighted by Crippen LogP contribution is -2.43. The number of nitrogens with one attached hydrogen (secondary N) is 1. The standard InChI is InChI=1S/C30H30N8O/c1-2-4-26-22(3-1)5-7-24(34-26)8-9-25-21-38-27(20-33-29(30(38)35-25)37-15-17-39-18-16-37)23-6-10-28(32-19-23)36-13-11-31-12-14-36/h1-10,19-21,31H,11-18H2. The molecule has 0 radical (unpaired) electrons. The minimum atomic E-state index is 0.689. The van der Waals surface area contributed by atoms with Crippen LogP contribution in [-0.2, 0) is 4.74 Å². The van der Waals surface area contributed by atoms with Crippen LogP contribution < -0.4 is 15.1 Å². The van der Waals surface area contributed by atoms with Crippen molar-refractivity contribution in [3.8, 4) is 11.3 Å². The van der Waals surface area contributed by atoms with Gasteiger partial charge in [-0.25, -0.2) is 19.9 Å². The van der Waals surface area contributed by atoms with Gasteiger partial charge in [-0.05, 0) is 36.4 Å². The van der Waals surface area contributed by atoms with Gasteiger partial charge >= 0.3 is 0 Å². The van der Waals surface area contributed by atoms with Crippen molar-refractivity contribution in [3.05, 3.63) is 78.5 Å². The van der Waals surface area contributed by atoms with Crippen molar-refractivity contribution < 1.29 is 4.74 Å². The Balaban J connectivity index is 1.26. The molecule has 2 aliphatic heterocycles. The van der Waals surface area contributed by atoms with Gasteiger partial charge in [0.2, 0.25) is 0 Å². The smallest absolute Gasteiger partial charge is 0.181 e. The molecule has 0 atom stereocenters. The van der Waals surface area contributed by atoms with Gasteiger partial charge in [0.25, 0.3) is 0 Å². The number of pyridine rings is 2. The third-order valence-electron chi connectivity index (χ3n) is 7.33. The van der Waals surface area contributed by atoms with Gasteiger partial charge in [0, 0.05) is 62.6 Å². The number of anilines is 2. The molecule has 9 nitrogen and oxygen atoms in total. The highest BCUT2D eigenvalue weighted by atomic mass is 16.5. The van der Waals surface area contributed by atoms with Gasteiger partial charge in [-0.3, -0.25) is 4.40 Å². The molecule has 0 saturated carbocycles.